The molecule has 4 rings (SSSR count). The standard InChI is InChI=1S/C26H37N3O6S/c1-17(2)33-14-13-29-18-9-12-28-16-35-24(32)26(5,6)11-8-7-10-25(3,4)23(31)34-15-19(36)21(29)27-22(30)20(18)28/h9,12,17H,7-8,10-11,13-16H2,1-6H3. The summed E-state index contributed by atoms with van der Waals surface area (Å²) in [5.41, 5.74) is -1.04. The van der Waals surface area contributed by atoms with Crippen molar-refractivity contribution in [2.75, 3.05) is 13.2 Å². The maximum absolute atomic E-state index is 13.1. The van der Waals surface area contributed by atoms with Gasteiger partial charge in [-0.25, -0.2) is 0 Å². The van der Waals surface area contributed by atoms with Gasteiger partial charge in [0.25, 0.3) is 5.56 Å². The Bertz CT molecular complexity index is 1190. The third kappa shape index (κ3) is 6.39. The van der Waals surface area contributed by atoms with Crippen molar-refractivity contribution in [1.82, 2.24) is 14.1 Å². The molecule has 0 spiro atoms. The zero-order valence-corrected chi connectivity index (χ0v) is 22.9. The van der Waals surface area contributed by atoms with Gasteiger partial charge in [0.05, 0.1) is 33.9 Å². The number of rotatable bonds is 4. The maximum atomic E-state index is 13.1. The van der Waals surface area contributed by atoms with Crippen molar-refractivity contribution in [3.63, 3.8) is 0 Å². The highest BCUT2D eigenvalue weighted by Gasteiger charge is 2.32. The predicted octanol–water partition coefficient (Wildman–Crippen LogP) is 4.01. The van der Waals surface area contributed by atoms with E-state index in [1.54, 1.807) is 21.4 Å². The van der Waals surface area contributed by atoms with Crippen LogP contribution in [0.3, 0.4) is 0 Å². The number of nitrogens with zero attached hydrogens (tertiary/aromatic N) is 3. The van der Waals surface area contributed by atoms with E-state index in [0.29, 0.717) is 37.0 Å². The van der Waals surface area contributed by atoms with Gasteiger partial charge in [-0.15, -0.1) is 0 Å². The second kappa shape index (κ2) is 11.2. The molecule has 0 fully saturated rings. The Morgan fingerprint density at radius 2 is 1.67 bits per heavy atom. The first-order chi connectivity index (χ1) is 16.8. The highest BCUT2D eigenvalue weighted by molar-refractivity contribution is 7.80. The fourth-order valence-electron chi connectivity index (χ4n) is 4.21. The molecule has 0 radical (unpaired) electrons. The van der Waals surface area contributed by atoms with Crippen molar-refractivity contribution >= 4 is 40.1 Å². The fraction of sp³-hybridized carbons (Fsp3) is 0.654. The topological polar surface area (TPSA) is 102 Å². The number of esters is 2. The molecule has 0 saturated heterocycles. The third-order valence-corrected chi connectivity index (χ3v) is 6.84. The van der Waals surface area contributed by atoms with Crippen molar-refractivity contribution < 1.29 is 23.8 Å². The van der Waals surface area contributed by atoms with Crippen molar-refractivity contribution in [3.8, 4) is 0 Å². The van der Waals surface area contributed by atoms with Crippen LogP contribution in [0.15, 0.2) is 17.1 Å². The summed E-state index contributed by atoms with van der Waals surface area (Å²) in [6.07, 6.45) is 4.46. The molecule has 2 aliphatic heterocycles. The number of thiocarbonyl (C=S) groups is 1. The molecule has 198 valence electrons. The van der Waals surface area contributed by atoms with Gasteiger partial charge in [-0.3, -0.25) is 14.4 Å². The maximum Gasteiger partial charge on any atom is 0.313 e. The van der Waals surface area contributed by atoms with Crippen molar-refractivity contribution in [2.45, 2.75) is 86.6 Å². The number of fused-ring (bicyclic) bond motifs is 13. The number of hydrogen-bond donors (Lipinski definition) is 0. The lowest BCUT2D eigenvalue weighted by Crippen LogP contribution is -2.32. The number of hydrogen-bond acceptors (Lipinski definition) is 8. The molecule has 0 aliphatic carbocycles. The summed E-state index contributed by atoms with van der Waals surface area (Å²) in [4.78, 5) is 43.3. The first-order valence-corrected chi connectivity index (χ1v) is 12.8. The SMILES string of the molecule is CC(C)OCCn1c2nc(=O)c3c1ccn3COC(=O)C(C)(C)CCCCC(C)(C)C(=O)OCC2=S. The van der Waals surface area contributed by atoms with Crippen LogP contribution in [-0.2, 0) is 37.1 Å². The van der Waals surface area contributed by atoms with E-state index in [-0.39, 0.29) is 42.1 Å². The summed E-state index contributed by atoms with van der Waals surface area (Å²) in [6, 6.07) is 1.77. The summed E-state index contributed by atoms with van der Waals surface area (Å²) >= 11 is 5.57. The molecular weight excluding hydrogens is 482 g/mol. The Kier molecular flexibility index (Phi) is 8.71. The largest absolute Gasteiger partial charge is 0.459 e. The molecule has 2 aliphatic rings. The average molecular weight is 520 g/mol. The quantitative estimate of drug-likeness (QED) is 0.441. The van der Waals surface area contributed by atoms with Gasteiger partial charge in [-0.1, -0.05) is 25.1 Å². The van der Waals surface area contributed by atoms with Gasteiger partial charge in [-0.05, 0) is 60.5 Å². The van der Waals surface area contributed by atoms with Crippen LogP contribution >= 0.6 is 12.2 Å². The Balaban J connectivity index is 2.06. The minimum absolute atomic E-state index is 0.0253. The van der Waals surface area contributed by atoms with Crippen molar-refractivity contribution in [2.24, 2.45) is 10.8 Å². The Morgan fingerprint density at radius 1 is 1.06 bits per heavy atom. The van der Waals surface area contributed by atoms with E-state index in [9.17, 15) is 14.4 Å². The lowest BCUT2D eigenvalue weighted by atomic mass is 9.83. The zero-order chi connectivity index (χ0) is 26.7. The Labute approximate surface area is 217 Å². The first-order valence-electron chi connectivity index (χ1n) is 12.4. The molecule has 9 nitrogen and oxygen atoms in total. The molecule has 4 bridgehead atoms. The van der Waals surface area contributed by atoms with Crippen LogP contribution in [0.1, 0.15) is 73.1 Å². The molecule has 0 aromatic carbocycles. The van der Waals surface area contributed by atoms with Gasteiger partial charge >= 0.3 is 11.9 Å². The molecule has 4 heterocycles. The summed E-state index contributed by atoms with van der Waals surface area (Å²) < 4.78 is 20.3. The minimum atomic E-state index is -0.717. The molecule has 0 N–H and O–H groups in total. The number of carbonyl (C=O) groups is 2. The molecule has 0 amide bonds. The van der Waals surface area contributed by atoms with E-state index in [1.807, 2.05) is 41.5 Å². The van der Waals surface area contributed by atoms with Crippen LogP contribution in [0.25, 0.3) is 11.0 Å². The van der Waals surface area contributed by atoms with E-state index in [2.05, 4.69) is 4.98 Å². The van der Waals surface area contributed by atoms with Gasteiger partial charge in [0, 0.05) is 12.7 Å². The molecule has 2 aromatic heterocycles. The van der Waals surface area contributed by atoms with Crippen LogP contribution < -0.4 is 5.56 Å². The highest BCUT2D eigenvalue weighted by atomic mass is 32.1. The van der Waals surface area contributed by atoms with Gasteiger partial charge in [0.2, 0.25) is 0 Å². The second-order valence-corrected chi connectivity index (χ2v) is 11.4. The van der Waals surface area contributed by atoms with Gasteiger partial charge in [0.1, 0.15) is 12.1 Å². The normalized spacial score (nSPS) is 19.4. The number of aromatic nitrogens is 3. The first kappa shape index (κ1) is 28.0. The summed E-state index contributed by atoms with van der Waals surface area (Å²) in [5, 5.41) is 0. The molecule has 2 aromatic rings. The van der Waals surface area contributed by atoms with Gasteiger partial charge < -0.3 is 23.3 Å². The monoisotopic (exact) mass is 519 g/mol. The van der Waals surface area contributed by atoms with Gasteiger partial charge in [0.15, 0.2) is 12.6 Å². The Hall–Kier alpha value is -2.59. The van der Waals surface area contributed by atoms with Crippen molar-refractivity contribution in [3.05, 3.63) is 28.4 Å². The van der Waals surface area contributed by atoms with E-state index >= 15 is 0 Å². The summed E-state index contributed by atoms with van der Waals surface area (Å²) in [6.45, 7) is 11.7. The van der Waals surface area contributed by atoms with Crippen molar-refractivity contribution in [1.29, 1.82) is 0 Å². The van der Waals surface area contributed by atoms with Crippen LogP contribution in [0, 0.1) is 10.8 Å². The van der Waals surface area contributed by atoms with Crippen LogP contribution in [0.4, 0.5) is 0 Å². The van der Waals surface area contributed by atoms with Crippen LogP contribution in [-0.4, -0.2) is 50.2 Å². The molecule has 10 heteroatoms. The van der Waals surface area contributed by atoms with Crippen LogP contribution in [0.2, 0.25) is 0 Å². The van der Waals surface area contributed by atoms with Crippen LogP contribution in [0.5, 0.6) is 0 Å². The van der Waals surface area contributed by atoms with E-state index in [1.165, 1.54) is 0 Å². The molecule has 0 saturated carbocycles. The molecule has 36 heavy (non-hydrogen) atoms. The summed E-state index contributed by atoms with van der Waals surface area (Å²) in [7, 11) is 0. The smallest absolute Gasteiger partial charge is 0.313 e. The fourth-order valence-corrected chi connectivity index (χ4v) is 4.43. The van der Waals surface area contributed by atoms with E-state index in [0.717, 1.165) is 12.8 Å². The second-order valence-electron chi connectivity index (χ2n) is 10.9. The zero-order valence-electron chi connectivity index (χ0n) is 22.1. The summed E-state index contributed by atoms with van der Waals surface area (Å²) in [5.74, 6) is -0.452. The predicted molar refractivity (Wildman–Crippen MR) is 140 cm³/mol. The number of ether oxygens (including phenoxy) is 3. The van der Waals surface area contributed by atoms with E-state index < -0.39 is 16.4 Å². The average Bonchev–Trinajstić information content (AvgIpc) is 3.23. The lowest BCUT2D eigenvalue weighted by Gasteiger charge is -2.25. The molecular formula is C26H37N3O6S. The highest BCUT2D eigenvalue weighted by Crippen LogP contribution is 2.30. The van der Waals surface area contributed by atoms with E-state index in [4.69, 9.17) is 26.4 Å². The Morgan fingerprint density at radius 3 is 2.28 bits per heavy atom. The third-order valence-electron chi connectivity index (χ3n) is 6.54. The number of carbonyl (C=O) groups excluding carboxylic acids is 2. The lowest BCUT2D eigenvalue weighted by molar-refractivity contribution is -0.158. The minimum Gasteiger partial charge on any atom is -0.459 e. The van der Waals surface area contributed by atoms with Gasteiger partial charge in [-0.2, -0.15) is 4.98 Å². The molecule has 0 atom stereocenters. The molecule has 0 unspecified atom stereocenters.